The standard InChI is InChI=1S/C11H8BrClN2/c1-7-2-4-8(5-3-7)9-6-10(12)15-11(13)14-9/h2-6H,1H3. The molecule has 0 atom stereocenters. The van der Waals surface area contributed by atoms with E-state index in [0.29, 0.717) is 4.60 Å². The molecule has 2 nitrogen and oxygen atoms in total. The lowest BCUT2D eigenvalue weighted by Crippen LogP contribution is -1.88. The maximum atomic E-state index is 5.78. The second-order valence-electron chi connectivity index (χ2n) is 3.21. The van der Waals surface area contributed by atoms with Crippen molar-refractivity contribution in [3.8, 4) is 11.3 Å². The van der Waals surface area contributed by atoms with Crippen LogP contribution in [0.4, 0.5) is 0 Å². The van der Waals surface area contributed by atoms with Gasteiger partial charge in [0.15, 0.2) is 0 Å². The fourth-order valence-electron chi connectivity index (χ4n) is 1.26. The Morgan fingerprint density at radius 1 is 1.13 bits per heavy atom. The smallest absolute Gasteiger partial charge is 0.218 e. The Hall–Kier alpha value is -0.930. The number of rotatable bonds is 1. The van der Waals surface area contributed by atoms with Crippen molar-refractivity contribution in [1.29, 1.82) is 0 Å². The summed E-state index contributed by atoms with van der Waals surface area (Å²) in [7, 11) is 0. The van der Waals surface area contributed by atoms with Crippen molar-refractivity contribution in [3.63, 3.8) is 0 Å². The van der Waals surface area contributed by atoms with E-state index in [-0.39, 0.29) is 5.28 Å². The molecule has 0 radical (unpaired) electrons. The Bertz CT molecular complexity index is 462. The van der Waals surface area contributed by atoms with Crippen LogP contribution in [0.25, 0.3) is 11.3 Å². The topological polar surface area (TPSA) is 25.8 Å². The lowest BCUT2D eigenvalue weighted by Gasteiger charge is -2.02. The van der Waals surface area contributed by atoms with E-state index in [4.69, 9.17) is 11.6 Å². The fraction of sp³-hybridized carbons (Fsp3) is 0.0909. The molecular formula is C11H8BrClN2. The largest absolute Gasteiger partial charge is 0.223 e. The van der Waals surface area contributed by atoms with Crippen molar-refractivity contribution < 1.29 is 0 Å². The minimum absolute atomic E-state index is 0.250. The molecule has 15 heavy (non-hydrogen) atoms. The molecule has 0 saturated carbocycles. The molecule has 4 heteroatoms. The number of aryl methyl sites for hydroxylation is 1. The Balaban J connectivity index is 2.49. The van der Waals surface area contributed by atoms with Crippen LogP contribution in [0.5, 0.6) is 0 Å². The van der Waals surface area contributed by atoms with Crippen LogP contribution in [-0.4, -0.2) is 9.97 Å². The van der Waals surface area contributed by atoms with Gasteiger partial charge in [-0.1, -0.05) is 29.8 Å². The van der Waals surface area contributed by atoms with Gasteiger partial charge in [0.2, 0.25) is 5.28 Å². The zero-order valence-corrected chi connectivity index (χ0v) is 10.4. The van der Waals surface area contributed by atoms with Gasteiger partial charge in [-0.15, -0.1) is 0 Å². The number of halogens is 2. The molecule has 1 aromatic heterocycles. The van der Waals surface area contributed by atoms with Crippen LogP contribution in [0.2, 0.25) is 5.28 Å². The Kier molecular flexibility index (Phi) is 3.03. The molecule has 2 aromatic rings. The van der Waals surface area contributed by atoms with Crippen LogP contribution in [0.1, 0.15) is 5.56 Å². The van der Waals surface area contributed by atoms with E-state index in [1.807, 2.05) is 37.3 Å². The molecule has 0 bridgehead atoms. The minimum atomic E-state index is 0.250. The summed E-state index contributed by atoms with van der Waals surface area (Å²) in [5, 5.41) is 0.250. The summed E-state index contributed by atoms with van der Waals surface area (Å²) >= 11 is 9.07. The molecule has 0 unspecified atom stereocenters. The quantitative estimate of drug-likeness (QED) is 0.586. The highest BCUT2D eigenvalue weighted by Gasteiger charge is 2.03. The van der Waals surface area contributed by atoms with E-state index < -0.39 is 0 Å². The second-order valence-corrected chi connectivity index (χ2v) is 4.36. The average molecular weight is 284 g/mol. The average Bonchev–Trinajstić information content (AvgIpc) is 2.17. The van der Waals surface area contributed by atoms with Crippen molar-refractivity contribution in [3.05, 3.63) is 45.8 Å². The molecular weight excluding hydrogens is 275 g/mol. The van der Waals surface area contributed by atoms with Gasteiger partial charge in [-0.25, -0.2) is 9.97 Å². The van der Waals surface area contributed by atoms with Crippen LogP contribution in [0.15, 0.2) is 34.9 Å². The third-order valence-corrected chi connectivity index (χ3v) is 2.59. The van der Waals surface area contributed by atoms with Crippen molar-refractivity contribution >= 4 is 27.5 Å². The molecule has 1 heterocycles. The summed E-state index contributed by atoms with van der Waals surface area (Å²) < 4.78 is 0.693. The van der Waals surface area contributed by atoms with Gasteiger partial charge in [-0.3, -0.25) is 0 Å². The van der Waals surface area contributed by atoms with Crippen LogP contribution in [0.3, 0.4) is 0 Å². The summed E-state index contributed by atoms with van der Waals surface area (Å²) in [5.74, 6) is 0. The third kappa shape index (κ3) is 2.55. The first-order valence-corrected chi connectivity index (χ1v) is 5.59. The minimum Gasteiger partial charge on any atom is -0.218 e. The van der Waals surface area contributed by atoms with Crippen LogP contribution in [0, 0.1) is 6.92 Å². The van der Waals surface area contributed by atoms with E-state index >= 15 is 0 Å². The van der Waals surface area contributed by atoms with Gasteiger partial charge in [-0.2, -0.15) is 0 Å². The zero-order valence-electron chi connectivity index (χ0n) is 8.04. The molecule has 0 aliphatic rings. The lowest BCUT2D eigenvalue weighted by atomic mass is 10.1. The summed E-state index contributed by atoms with van der Waals surface area (Å²) in [6.07, 6.45) is 0. The highest BCUT2D eigenvalue weighted by Crippen LogP contribution is 2.21. The highest BCUT2D eigenvalue weighted by atomic mass is 79.9. The third-order valence-electron chi connectivity index (χ3n) is 2.01. The summed E-state index contributed by atoms with van der Waals surface area (Å²) in [4.78, 5) is 8.11. The van der Waals surface area contributed by atoms with Crippen LogP contribution < -0.4 is 0 Å². The van der Waals surface area contributed by atoms with Gasteiger partial charge in [0.25, 0.3) is 0 Å². The monoisotopic (exact) mass is 282 g/mol. The zero-order chi connectivity index (χ0) is 10.8. The number of aromatic nitrogens is 2. The van der Waals surface area contributed by atoms with Gasteiger partial charge < -0.3 is 0 Å². The molecule has 0 spiro atoms. The summed E-state index contributed by atoms with van der Waals surface area (Å²) in [6.45, 7) is 2.05. The van der Waals surface area contributed by atoms with Crippen molar-refractivity contribution in [1.82, 2.24) is 9.97 Å². The van der Waals surface area contributed by atoms with Gasteiger partial charge in [0.05, 0.1) is 5.69 Å². The Morgan fingerprint density at radius 2 is 1.80 bits per heavy atom. The molecule has 0 fully saturated rings. The number of nitrogens with zero attached hydrogens (tertiary/aromatic N) is 2. The maximum absolute atomic E-state index is 5.78. The summed E-state index contributed by atoms with van der Waals surface area (Å²) in [5.41, 5.74) is 3.07. The maximum Gasteiger partial charge on any atom is 0.223 e. The molecule has 76 valence electrons. The fourth-order valence-corrected chi connectivity index (χ4v) is 1.93. The Labute approximate surface area is 101 Å². The molecule has 0 amide bonds. The predicted molar refractivity (Wildman–Crippen MR) is 64.9 cm³/mol. The highest BCUT2D eigenvalue weighted by molar-refractivity contribution is 9.10. The lowest BCUT2D eigenvalue weighted by molar-refractivity contribution is 1.14. The van der Waals surface area contributed by atoms with E-state index in [0.717, 1.165) is 11.3 Å². The molecule has 0 aliphatic carbocycles. The molecule has 0 N–H and O–H groups in total. The molecule has 0 saturated heterocycles. The van der Waals surface area contributed by atoms with Gasteiger partial charge in [0.1, 0.15) is 4.60 Å². The van der Waals surface area contributed by atoms with E-state index in [1.165, 1.54) is 5.56 Å². The first-order valence-electron chi connectivity index (χ1n) is 4.42. The SMILES string of the molecule is Cc1ccc(-c2cc(Br)nc(Cl)n2)cc1. The Morgan fingerprint density at radius 3 is 2.40 bits per heavy atom. The van der Waals surface area contributed by atoms with Gasteiger partial charge in [0, 0.05) is 5.56 Å². The van der Waals surface area contributed by atoms with Crippen molar-refractivity contribution in [2.24, 2.45) is 0 Å². The van der Waals surface area contributed by atoms with Crippen LogP contribution in [-0.2, 0) is 0 Å². The number of hydrogen-bond acceptors (Lipinski definition) is 2. The van der Waals surface area contributed by atoms with Gasteiger partial charge in [-0.05, 0) is 40.5 Å². The van der Waals surface area contributed by atoms with E-state index in [9.17, 15) is 0 Å². The number of benzene rings is 1. The van der Waals surface area contributed by atoms with E-state index in [1.54, 1.807) is 0 Å². The first kappa shape index (κ1) is 10.6. The first-order chi connectivity index (χ1) is 7.15. The molecule has 1 aromatic carbocycles. The van der Waals surface area contributed by atoms with Crippen LogP contribution >= 0.6 is 27.5 Å². The summed E-state index contributed by atoms with van der Waals surface area (Å²) in [6, 6.07) is 9.95. The van der Waals surface area contributed by atoms with E-state index in [2.05, 4.69) is 25.9 Å². The van der Waals surface area contributed by atoms with Crippen molar-refractivity contribution in [2.75, 3.05) is 0 Å². The van der Waals surface area contributed by atoms with Gasteiger partial charge >= 0.3 is 0 Å². The predicted octanol–water partition coefficient (Wildman–Crippen LogP) is 3.87. The van der Waals surface area contributed by atoms with Crippen molar-refractivity contribution in [2.45, 2.75) is 6.92 Å². The normalized spacial score (nSPS) is 10.3. The molecule has 2 rings (SSSR count). The number of hydrogen-bond donors (Lipinski definition) is 0. The second kappa shape index (κ2) is 4.29. The molecule has 0 aliphatic heterocycles.